The maximum Gasteiger partial charge on any atom is 0.242 e. The Morgan fingerprint density at radius 2 is 2.04 bits per heavy atom. The summed E-state index contributed by atoms with van der Waals surface area (Å²) < 4.78 is 54.4. The minimum atomic E-state index is -3.83. The van der Waals surface area contributed by atoms with Crippen LogP contribution in [0.3, 0.4) is 0 Å². The van der Waals surface area contributed by atoms with Gasteiger partial charge >= 0.3 is 0 Å². The minimum absolute atomic E-state index is 0.0652. The number of hydrogen-bond donors (Lipinski definition) is 2. The van der Waals surface area contributed by atoms with Crippen LogP contribution in [0.4, 0.5) is 8.78 Å². The van der Waals surface area contributed by atoms with Crippen LogP contribution in [-0.4, -0.2) is 31.0 Å². The maximum absolute atomic E-state index is 14.3. The molecule has 2 fully saturated rings. The van der Waals surface area contributed by atoms with Gasteiger partial charge in [-0.2, -0.15) is 0 Å². The highest BCUT2D eigenvalue weighted by molar-refractivity contribution is 7.90. The van der Waals surface area contributed by atoms with Gasteiger partial charge < -0.3 is 5.32 Å². The average Bonchev–Trinajstić information content (AvgIpc) is 3.28. The van der Waals surface area contributed by atoms with Gasteiger partial charge in [0.25, 0.3) is 0 Å². The fourth-order valence-electron chi connectivity index (χ4n) is 3.17. The van der Waals surface area contributed by atoms with Crippen molar-refractivity contribution in [2.24, 2.45) is 5.92 Å². The van der Waals surface area contributed by atoms with Crippen molar-refractivity contribution in [2.45, 2.75) is 37.0 Å². The van der Waals surface area contributed by atoms with Gasteiger partial charge in [-0.3, -0.25) is 5.41 Å². The molecule has 1 saturated carbocycles. The molecule has 1 saturated heterocycles. The van der Waals surface area contributed by atoms with Gasteiger partial charge in [0.2, 0.25) is 16.0 Å². The van der Waals surface area contributed by atoms with Crippen molar-refractivity contribution in [1.29, 1.82) is 5.41 Å². The molecule has 1 aromatic carbocycles. The smallest absolute Gasteiger partial charge is 0.242 e. The van der Waals surface area contributed by atoms with E-state index in [1.165, 1.54) is 14.0 Å². The summed E-state index contributed by atoms with van der Waals surface area (Å²) in [5.41, 5.74) is -1.46. The van der Waals surface area contributed by atoms with Crippen LogP contribution < -0.4 is 5.32 Å². The molecule has 2 aliphatic rings. The molecule has 126 valence electrons. The molecule has 0 amide bonds. The molecule has 1 aliphatic carbocycles. The highest BCUT2D eigenvalue weighted by atomic mass is 32.2. The molecule has 5 nitrogen and oxygen atoms in total. The van der Waals surface area contributed by atoms with Crippen molar-refractivity contribution in [2.75, 3.05) is 7.05 Å². The molecule has 3 rings (SSSR count). The largest absolute Gasteiger partial charge is 0.345 e. The topological polar surface area (TPSA) is 73.3 Å². The molecule has 2 atom stereocenters. The van der Waals surface area contributed by atoms with Crippen LogP contribution in [0.5, 0.6) is 0 Å². The second-order valence-electron chi connectivity index (χ2n) is 6.48. The molecule has 2 N–H and O–H groups in total. The van der Waals surface area contributed by atoms with Gasteiger partial charge in [-0.25, -0.2) is 21.5 Å². The summed E-state index contributed by atoms with van der Waals surface area (Å²) >= 11 is 0. The zero-order valence-electron chi connectivity index (χ0n) is 12.9. The van der Waals surface area contributed by atoms with Crippen molar-refractivity contribution in [3.05, 3.63) is 35.4 Å². The van der Waals surface area contributed by atoms with E-state index in [2.05, 4.69) is 5.32 Å². The van der Waals surface area contributed by atoms with Crippen molar-refractivity contribution in [1.82, 2.24) is 9.62 Å². The first-order valence-electron chi connectivity index (χ1n) is 7.46. The van der Waals surface area contributed by atoms with E-state index in [-0.39, 0.29) is 17.4 Å². The van der Waals surface area contributed by atoms with Crippen LogP contribution in [0.2, 0.25) is 0 Å². The van der Waals surface area contributed by atoms with E-state index < -0.39 is 32.4 Å². The summed E-state index contributed by atoms with van der Waals surface area (Å²) in [6.07, 6.45) is 2.24. The standard InChI is InChI=1S/C15H19F2N3O2S/c1-15(11-8-10(16)5-6-12(11)17)13(7-9-3-4-9)23(21,22)20(2)14(18)19-15/h5-6,8-9,13H,3-4,7H2,1-2H3,(H2,18,19)/t13-,15-/m1/s1. The van der Waals surface area contributed by atoms with Gasteiger partial charge in [-0.05, 0) is 37.5 Å². The number of guanidine groups is 1. The Hall–Kier alpha value is -1.70. The summed E-state index contributed by atoms with van der Waals surface area (Å²) in [5, 5.41) is 9.72. The second kappa shape index (κ2) is 5.15. The lowest BCUT2D eigenvalue weighted by Gasteiger charge is -2.46. The average molecular weight is 343 g/mol. The summed E-state index contributed by atoms with van der Waals surface area (Å²) in [5.74, 6) is -1.40. The molecule has 8 heteroatoms. The zero-order chi connectivity index (χ0) is 17.0. The molecular weight excluding hydrogens is 324 g/mol. The molecule has 1 aromatic rings. The highest BCUT2D eigenvalue weighted by Gasteiger charge is 2.53. The van der Waals surface area contributed by atoms with Gasteiger partial charge in [0.15, 0.2) is 0 Å². The van der Waals surface area contributed by atoms with Crippen LogP contribution in [0, 0.1) is 23.0 Å². The Balaban J connectivity index is 2.16. The molecule has 23 heavy (non-hydrogen) atoms. The van der Waals surface area contributed by atoms with Crippen LogP contribution in [-0.2, 0) is 15.6 Å². The van der Waals surface area contributed by atoms with Gasteiger partial charge in [0.05, 0.1) is 5.54 Å². The van der Waals surface area contributed by atoms with Crippen molar-refractivity contribution < 1.29 is 17.2 Å². The zero-order valence-corrected chi connectivity index (χ0v) is 13.8. The molecule has 0 radical (unpaired) electrons. The Morgan fingerprint density at radius 3 is 2.65 bits per heavy atom. The van der Waals surface area contributed by atoms with Gasteiger partial charge in [0, 0.05) is 12.6 Å². The third kappa shape index (κ3) is 2.58. The van der Waals surface area contributed by atoms with E-state index in [0.29, 0.717) is 6.42 Å². The summed E-state index contributed by atoms with van der Waals surface area (Å²) in [4.78, 5) is 0. The Labute approximate surface area is 134 Å². The fraction of sp³-hybridized carbons (Fsp3) is 0.533. The van der Waals surface area contributed by atoms with E-state index in [1.54, 1.807) is 0 Å². The lowest BCUT2D eigenvalue weighted by molar-refractivity contribution is 0.322. The number of halogens is 2. The van der Waals surface area contributed by atoms with Crippen molar-refractivity contribution >= 4 is 16.0 Å². The normalized spacial score (nSPS) is 30.2. The fourth-order valence-corrected chi connectivity index (χ4v) is 5.15. The third-order valence-electron chi connectivity index (χ3n) is 4.81. The predicted octanol–water partition coefficient (Wildman–Crippen LogP) is 2.15. The van der Waals surface area contributed by atoms with Gasteiger partial charge in [-0.15, -0.1) is 0 Å². The Morgan fingerprint density at radius 1 is 1.39 bits per heavy atom. The van der Waals surface area contributed by atoms with Gasteiger partial charge in [-0.1, -0.05) is 12.8 Å². The summed E-state index contributed by atoms with van der Waals surface area (Å²) in [6.45, 7) is 1.52. The van der Waals surface area contributed by atoms with E-state index >= 15 is 0 Å². The number of benzene rings is 1. The molecule has 0 bridgehead atoms. The molecule has 1 heterocycles. The second-order valence-corrected chi connectivity index (χ2v) is 8.63. The van der Waals surface area contributed by atoms with Crippen LogP contribution >= 0.6 is 0 Å². The molecule has 0 spiro atoms. The van der Waals surface area contributed by atoms with Gasteiger partial charge in [0.1, 0.15) is 16.9 Å². The van der Waals surface area contributed by atoms with Crippen LogP contribution in [0.25, 0.3) is 0 Å². The summed E-state index contributed by atoms with van der Waals surface area (Å²) in [7, 11) is -2.54. The monoisotopic (exact) mass is 343 g/mol. The van der Waals surface area contributed by atoms with Crippen LogP contribution in [0.15, 0.2) is 18.2 Å². The molecule has 1 aliphatic heterocycles. The predicted molar refractivity (Wildman–Crippen MR) is 82.4 cm³/mol. The lowest BCUT2D eigenvalue weighted by atomic mass is 9.85. The highest BCUT2D eigenvalue weighted by Crippen LogP contribution is 2.44. The van der Waals surface area contributed by atoms with E-state index in [0.717, 1.165) is 35.3 Å². The number of sulfonamides is 1. The van der Waals surface area contributed by atoms with E-state index in [4.69, 9.17) is 5.41 Å². The van der Waals surface area contributed by atoms with Crippen molar-refractivity contribution in [3.63, 3.8) is 0 Å². The first-order chi connectivity index (χ1) is 10.7. The number of nitrogens with zero attached hydrogens (tertiary/aromatic N) is 1. The number of hydrogen-bond acceptors (Lipinski definition) is 3. The quantitative estimate of drug-likeness (QED) is 0.883. The number of rotatable bonds is 3. The van der Waals surface area contributed by atoms with Crippen molar-refractivity contribution in [3.8, 4) is 0 Å². The Bertz CT molecular complexity index is 764. The first kappa shape index (κ1) is 16.2. The molecule has 0 unspecified atom stereocenters. The lowest BCUT2D eigenvalue weighted by Crippen LogP contribution is -2.66. The first-order valence-corrected chi connectivity index (χ1v) is 8.96. The maximum atomic E-state index is 14.3. The van der Waals surface area contributed by atoms with E-state index in [1.807, 2.05) is 0 Å². The summed E-state index contributed by atoms with van der Waals surface area (Å²) in [6, 6.07) is 2.99. The molecule has 0 aromatic heterocycles. The SMILES string of the molecule is CN1C(=N)N[C@](C)(c2cc(F)ccc2F)[C@@H](CC2CC2)S1(=O)=O. The number of nitrogens with one attached hydrogen (secondary N) is 2. The third-order valence-corrected chi connectivity index (χ3v) is 7.14. The van der Waals surface area contributed by atoms with Crippen LogP contribution in [0.1, 0.15) is 31.7 Å². The minimum Gasteiger partial charge on any atom is -0.345 e. The molecular formula is C15H19F2N3O2S. The Kier molecular flexibility index (Phi) is 3.62. The van der Waals surface area contributed by atoms with E-state index in [9.17, 15) is 17.2 Å².